The summed E-state index contributed by atoms with van der Waals surface area (Å²) in [7, 11) is -1.59. The van der Waals surface area contributed by atoms with Gasteiger partial charge in [-0.3, -0.25) is 9.48 Å². The minimum atomic E-state index is -3.15. The molecule has 1 amide bonds. The van der Waals surface area contributed by atoms with Gasteiger partial charge in [-0.1, -0.05) is 12.1 Å². The van der Waals surface area contributed by atoms with Gasteiger partial charge >= 0.3 is 0 Å². The lowest BCUT2D eigenvalue weighted by Gasteiger charge is -2.13. The minimum Gasteiger partial charge on any atom is -0.497 e. The van der Waals surface area contributed by atoms with Crippen molar-refractivity contribution in [1.29, 1.82) is 0 Å². The van der Waals surface area contributed by atoms with Crippen molar-refractivity contribution in [3.63, 3.8) is 0 Å². The number of aromatic nitrogens is 2. The topological polar surface area (TPSA) is 90.3 Å². The van der Waals surface area contributed by atoms with Gasteiger partial charge < -0.3 is 10.1 Å². The number of carbonyl (C=O) groups is 1. The molecular formula is C21H20FN3O4S. The Morgan fingerprint density at radius 1 is 1.20 bits per heavy atom. The van der Waals surface area contributed by atoms with Gasteiger partial charge in [0.25, 0.3) is 5.91 Å². The molecule has 1 unspecified atom stereocenters. The Morgan fingerprint density at radius 3 is 2.57 bits per heavy atom. The van der Waals surface area contributed by atoms with Crippen molar-refractivity contribution in [2.45, 2.75) is 12.5 Å². The van der Waals surface area contributed by atoms with Gasteiger partial charge in [-0.15, -0.1) is 0 Å². The number of halogens is 1. The first kappa shape index (κ1) is 20.1. The highest BCUT2D eigenvalue weighted by atomic mass is 32.2. The van der Waals surface area contributed by atoms with Crippen molar-refractivity contribution in [1.82, 2.24) is 9.78 Å². The number of sulfone groups is 1. The number of amides is 1. The normalized spacial score (nSPS) is 17.6. The van der Waals surface area contributed by atoms with E-state index in [9.17, 15) is 17.6 Å². The molecule has 1 atom stereocenters. The van der Waals surface area contributed by atoms with Crippen LogP contribution in [0.15, 0.2) is 54.6 Å². The molecule has 3 aromatic rings. The number of benzene rings is 2. The van der Waals surface area contributed by atoms with Crippen molar-refractivity contribution in [3.8, 4) is 17.0 Å². The zero-order chi connectivity index (χ0) is 21.3. The van der Waals surface area contributed by atoms with E-state index in [2.05, 4.69) is 10.4 Å². The molecule has 4 rings (SSSR count). The van der Waals surface area contributed by atoms with Crippen LogP contribution in [0.2, 0.25) is 0 Å². The Labute approximate surface area is 173 Å². The Bertz CT molecular complexity index is 1190. The largest absolute Gasteiger partial charge is 0.497 e. The number of hydrogen-bond donors (Lipinski definition) is 1. The number of anilines is 1. The van der Waals surface area contributed by atoms with Crippen LogP contribution in [-0.4, -0.2) is 42.7 Å². The van der Waals surface area contributed by atoms with Crippen LogP contribution in [0.4, 0.5) is 10.1 Å². The smallest absolute Gasteiger partial charge is 0.276 e. The molecule has 1 saturated heterocycles. The number of rotatable bonds is 5. The standard InChI is InChI=1S/C21H20FN3O4S/c1-29-16-8-6-14(7-9-16)20-12-19(21(26)23-18-5-3-2-4-17(18)22)24-25(20)15-10-11-30(27,28)13-15/h2-9,12,15H,10-11,13H2,1H3,(H,23,26). The summed E-state index contributed by atoms with van der Waals surface area (Å²) in [6.07, 6.45) is 0.418. The Hall–Kier alpha value is -3.20. The maximum Gasteiger partial charge on any atom is 0.276 e. The van der Waals surface area contributed by atoms with Crippen molar-refractivity contribution in [2.24, 2.45) is 0 Å². The molecule has 156 valence electrons. The molecule has 0 radical (unpaired) electrons. The summed E-state index contributed by atoms with van der Waals surface area (Å²) in [6, 6.07) is 14.2. The first-order valence-corrected chi connectivity index (χ1v) is 11.2. The summed E-state index contributed by atoms with van der Waals surface area (Å²) in [5.41, 5.74) is 1.50. The summed E-state index contributed by atoms with van der Waals surface area (Å²) in [6.45, 7) is 0. The maximum atomic E-state index is 13.9. The van der Waals surface area contributed by atoms with E-state index >= 15 is 0 Å². The van der Waals surface area contributed by atoms with Crippen LogP contribution in [0.25, 0.3) is 11.3 Å². The van der Waals surface area contributed by atoms with E-state index in [1.165, 1.54) is 18.2 Å². The van der Waals surface area contributed by atoms with Gasteiger partial charge in [0.15, 0.2) is 15.5 Å². The highest BCUT2D eigenvalue weighted by Gasteiger charge is 2.32. The molecular weight excluding hydrogens is 409 g/mol. The van der Waals surface area contributed by atoms with Crippen LogP contribution >= 0.6 is 0 Å². The van der Waals surface area contributed by atoms with Gasteiger partial charge in [0.2, 0.25) is 0 Å². The van der Waals surface area contributed by atoms with Gasteiger partial charge in [0, 0.05) is 5.56 Å². The SMILES string of the molecule is COc1ccc(-c2cc(C(=O)Nc3ccccc3F)nn2C2CCS(=O)(=O)C2)cc1. The predicted molar refractivity (Wildman–Crippen MR) is 111 cm³/mol. The van der Waals surface area contributed by atoms with Gasteiger partial charge in [0.1, 0.15) is 11.6 Å². The molecule has 2 aromatic carbocycles. The monoisotopic (exact) mass is 429 g/mol. The average molecular weight is 429 g/mol. The van der Waals surface area contributed by atoms with Crippen LogP contribution in [0, 0.1) is 5.82 Å². The fourth-order valence-electron chi connectivity index (χ4n) is 3.48. The zero-order valence-corrected chi connectivity index (χ0v) is 17.0. The molecule has 2 heterocycles. The van der Waals surface area contributed by atoms with Gasteiger partial charge in [0.05, 0.1) is 36.0 Å². The molecule has 1 aliphatic rings. The van der Waals surface area contributed by atoms with Gasteiger partial charge in [-0.05, 0) is 48.9 Å². The molecule has 1 aliphatic heterocycles. The predicted octanol–water partition coefficient (Wildman–Crippen LogP) is 3.31. The highest BCUT2D eigenvalue weighted by Crippen LogP contribution is 2.31. The van der Waals surface area contributed by atoms with Gasteiger partial charge in [-0.25, -0.2) is 12.8 Å². The van der Waals surface area contributed by atoms with Gasteiger partial charge in [-0.2, -0.15) is 5.10 Å². The molecule has 1 aromatic heterocycles. The van der Waals surface area contributed by atoms with E-state index in [4.69, 9.17) is 4.74 Å². The summed E-state index contributed by atoms with van der Waals surface area (Å²) in [5.74, 6) is -0.412. The average Bonchev–Trinajstić information content (AvgIpc) is 3.33. The number of hydrogen-bond acceptors (Lipinski definition) is 5. The van der Waals surface area contributed by atoms with Crippen molar-refractivity contribution >= 4 is 21.4 Å². The Morgan fingerprint density at radius 2 is 1.93 bits per heavy atom. The first-order valence-electron chi connectivity index (χ1n) is 9.36. The van der Waals surface area contributed by atoms with E-state index in [-0.39, 0.29) is 28.9 Å². The molecule has 0 bridgehead atoms. The third kappa shape index (κ3) is 4.06. The highest BCUT2D eigenvalue weighted by molar-refractivity contribution is 7.91. The fraction of sp³-hybridized carbons (Fsp3) is 0.238. The number of nitrogens with one attached hydrogen (secondary N) is 1. The third-order valence-electron chi connectivity index (χ3n) is 5.03. The molecule has 9 heteroatoms. The molecule has 0 spiro atoms. The fourth-order valence-corrected chi connectivity index (χ4v) is 5.17. The maximum absolute atomic E-state index is 13.9. The molecule has 0 saturated carbocycles. The second-order valence-corrected chi connectivity index (χ2v) is 9.31. The number of ether oxygens (including phenoxy) is 1. The molecule has 1 fully saturated rings. The van der Waals surface area contributed by atoms with E-state index in [0.29, 0.717) is 17.9 Å². The summed E-state index contributed by atoms with van der Waals surface area (Å²) in [5, 5.41) is 6.90. The second-order valence-electron chi connectivity index (χ2n) is 7.08. The van der Waals surface area contributed by atoms with Crippen LogP contribution < -0.4 is 10.1 Å². The van der Waals surface area contributed by atoms with E-state index in [1.54, 1.807) is 36.1 Å². The minimum absolute atomic E-state index is 0.0355. The van der Waals surface area contributed by atoms with Crippen molar-refractivity contribution < 1.29 is 22.3 Å². The molecule has 0 aliphatic carbocycles. The van der Waals surface area contributed by atoms with Crippen LogP contribution in [0.3, 0.4) is 0 Å². The van der Waals surface area contributed by atoms with Crippen LogP contribution in [-0.2, 0) is 9.84 Å². The lowest BCUT2D eigenvalue weighted by atomic mass is 10.1. The summed E-state index contributed by atoms with van der Waals surface area (Å²) >= 11 is 0. The van der Waals surface area contributed by atoms with E-state index in [1.807, 2.05) is 12.1 Å². The quantitative estimate of drug-likeness (QED) is 0.672. The number of carbonyl (C=O) groups excluding carboxylic acids is 1. The van der Waals surface area contributed by atoms with Crippen LogP contribution in [0.1, 0.15) is 23.0 Å². The van der Waals surface area contributed by atoms with Crippen molar-refractivity contribution in [2.75, 3.05) is 23.9 Å². The third-order valence-corrected chi connectivity index (χ3v) is 6.78. The Balaban J connectivity index is 1.71. The molecule has 30 heavy (non-hydrogen) atoms. The van der Waals surface area contributed by atoms with Crippen molar-refractivity contribution in [3.05, 3.63) is 66.1 Å². The summed E-state index contributed by atoms with van der Waals surface area (Å²) in [4.78, 5) is 12.7. The summed E-state index contributed by atoms with van der Waals surface area (Å²) < 4.78 is 44.6. The number of methoxy groups -OCH3 is 1. The zero-order valence-electron chi connectivity index (χ0n) is 16.2. The first-order chi connectivity index (χ1) is 14.4. The van der Waals surface area contributed by atoms with Crippen LogP contribution in [0.5, 0.6) is 5.75 Å². The number of nitrogens with zero attached hydrogens (tertiary/aromatic N) is 2. The molecule has 1 N–H and O–H groups in total. The number of para-hydroxylation sites is 1. The second kappa shape index (κ2) is 7.91. The Kier molecular flexibility index (Phi) is 5.29. The molecule has 7 nitrogen and oxygen atoms in total. The van der Waals surface area contributed by atoms with E-state index < -0.39 is 21.6 Å². The lowest BCUT2D eigenvalue weighted by Crippen LogP contribution is -2.17. The lowest BCUT2D eigenvalue weighted by molar-refractivity contribution is 0.102. The van der Waals surface area contributed by atoms with E-state index in [0.717, 1.165) is 5.56 Å².